The van der Waals surface area contributed by atoms with Gasteiger partial charge in [-0.3, -0.25) is 9.59 Å². The first kappa shape index (κ1) is 81.8. The van der Waals surface area contributed by atoms with Crippen LogP contribution >= 0.6 is 45.9 Å². The Kier molecular flexibility index (Phi) is 33.9. The maximum atomic E-state index is 12.3. The van der Waals surface area contributed by atoms with Crippen LogP contribution in [0.25, 0.3) is 0 Å². The lowest BCUT2D eigenvalue weighted by molar-refractivity contribution is -0.138. The monoisotopic (exact) mass is 1390 g/mol. The molecule has 94 heavy (non-hydrogen) atoms. The van der Waals surface area contributed by atoms with E-state index in [4.69, 9.17) is 37.8 Å². The fourth-order valence-electron chi connectivity index (χ4n) is 9.64. The summed E-state index contributed by atoms with van der Waals surface area (Å²) in [5.74, 6) is 4.71. The lowest BCUT2D eigenvalue weighted by Gasteiger charge is -2.22. The van der Waals surface area contributed by atoms with Crippen LogP contribution in [0.15, 0.2) is 109 Å². The van der Waals surface area contributed by atoms with Crippen LogP contribution in [0, 0.1) is 55.3 Å². The zero-order valence-corrected chi connectivity index (χ0v) is 60.7. The largest absolute Gasteiger partial charge is 0.508 e. The Hall–Kier alpha value is -6.40. The minimum Gasteiger partial charge on any atom is -0.508 e. The standard InChI is InChI=1S/C12H18O.2C11H13F3.C11H15NO2S.C10H12Cl2O.C10H13NO2S.C10H14O/c1-8(2)5-11-6-9(3)12(13)10(4)7-11;1-8(2)7-9-3-5-10(6-4-9)11(12,13)14;1-8(2)6-9-4-3-5-10(7-9)11(12,13)14;1-7(2)4-8-5-9-11(15-8)14-6-10(13)12(9)3;1-6(2)3-7-4-8(11)10(13)9(12)5-7;1-6(2)3-7-4-8-10(14-7)13-5-9(12)11-8;1-8(2)7-9-3-5-10(11)6-4-9/h6-8,13H,5H2,1-4H3;3-6,8H,7H2,1-2H3;3-5,7-8H,6H2,1-2H3;5,7H,4,6H2,1-3H3;4-6,13H,3H2,1-2H3;4,6H,3,5H2,1-2H3,(H,11,12);3-6,8,11H,7H2,1-2H3. The summed E-state index contributed by atoms with van der Waals surface area (Å²) in [6.07, 6.45) is -1.78. The van der Waals surface area contributed by atoms with Crippen molar-refractivity contribution in [2.75, 3.05) is 30.5 Å². The average Bonchev–Trinajstić information content (AvgIpc) is 1.67. The number of carbonyl (C=O) groups excluding carboxylic acids is 2. The number of carbonyl (C=O) groups is 2. The summed E-state index contributed by atoms with van der Waals surface area (Å²) in [5, 5.41) is 33.0. The molecule has 7 aromatic rings. The number of rotatable bonds is 14. The van der Waals surface area contributed by atoms with Gasteiger partial charge in [0.25, 0.3) is 11.8 Å². The van der Waals surface area contributed by atoms with Crippen molar-refractivity contribution in [2.24, 2.45) is 41.4 Å². The number of nitrogens with zero attached hydrogens (tertiary/aromatic N) is 1. The Morgan fingerprint density at radius 3 is 1.34 bits per heavy atom. The van der Waals surface area contributed by atoms with Crippen LogP contribution in [-0.4, -0.2) is 47.4 Å². The highest BCUT2D eigenvalue weighted by Gasteiger charge is 2.31. The second-order valence-electron chi connectivity index (χ2n) is 26.6. The molecule has 2 aromatic heterocycles. The summed E-state index contributed by atoms with van der Waals surface area (Å²) in [5.41, 5.74) is 7.95. The van der Waals surface area contributed by atoms with E-state index in [1.807, 2.05) is 59.7 Å². The number of fused-ring (bicyclic) bond motifs is 2. The fourth-order valence-corrected chi connectivity index (χ4v) is 12.6. The van der Waals surface area contributed by atoms with Crippen molar-refractivity contribution >= 4 is 69.1 Å². The minimum absolute atomic E-state index is 0.0244. The van der Waals surface area contributed by atoms with Gasteiger partial charge >= 0.3 is 12.4 Å². The van der Waals surface area contributed by atoms with Crippen LogP contribution < -0.4 is 19.7 Å². The number of hydrogen-bond acceptors (Lipinski definition) is 9. The molecule has 4 N–H and O–H groups in total. The SMILES string of the molecule is CC(C)Cc1cc(Cl)c(O)c(Cl)c1.CC(C)Cc1cc2c(s1)OCC(=O)N2.CC(C)Cc1cc2c(s1)OCC(=O)N2C.CC(C)Cc1ccc(C(F)(F)F)cc1.CC(C)Cc1ccc(O)cc1.CC(C)Cc1cccc(C(F)(F)F)c1.Cc1cc(CC(C)C)cc(C)c1O. The van der Waals surface area contributed by atoms with Gasteiger partial charge in [0, 0.05) is 16.8 Å². The maximum Gasteiger partial charge on any atom is 0.416 e. The predicted octanol–water partition coefficient (Wildman–Crippen LogP) is 22.1. The van der Waals surface area contributed by atoms with E-state index in [0.717, 1.165) is 106 Å². The number of thiophene rings is 2. The highest BCUT2D eigenvalue weighted by Crippen LogP contribution is 2.41. The second-order valence-corrected chi connectivity index (χ2v) is 29.6. The molecule has 5 aromatic carbocycles. The van der Waals surface area contributed by atoms with E-state index < -0.39 is 23.5 Å². The topological polar surface area (TPSA) is 129 Å². The number of halogens is 8. The van der Waals surface area contributed by atoms with Gasteiger partial charge in [-0.2, -0.15) is 26.3 Å². The predicted molar refractivity (Wildman–Crippen MR) is 378 cm³/mol. The Balaban J connectivity index is 0.000000286. The van der Waals surface area contributed by atoms with Gasteiger partial charge in [0.05, 0.1) is 32.5 Å². The van der Waals surface area contributed by atoms with E-state index >= 15 is 0 Å². The average molecular weight is 1390 g/mol. The van der Waals surface area contributed by atoms with Gasteiger partial charge in [-0.25, -0.2) is 0 Å². The van der Waals surface area contributed by atoms with Crippen LogP contribution in [0.1, 0.15) is 157 Å². The van der Waals surface area contributed by atoms with Crippen LogP contribution in [-0.2, 0) is 66.9 Å². The number of hydrogen-bond donors (Lipinski definition) is 4. The number of aryl methyl sites for hydroxylation is 2. The number of amides is 2. The molecule has 0 spiro atoms. The maximum absolute atomic E-state index is 12.3. The number of phenolic OH excluding ortho intramolecular Hbond substituents is 3. The third-order valence-electron chi connectivity index (χ3n) is 13.7. The molecule has 0 saturated carbocycles. The molecule has 2 amide bonds. The number of nitrogens with one attached hydrogen (secondary N) is 1. The van der Waals surface area contributed by atoms with Crippen molar-refractivity contribution in [3.63, 3.8) is 0 Å². The molecule has 0 saturated heterocycles. The highest BCUT2D eigenvalue weighted by molar-refractivity contribution is 7.14. The number of benzene rings is 5. The lowest BCUT2D eigenvalue weighted by Crippen LogP contribution is -2.34. The van der Waals surface area contributed by atoms with E-state index in [0.29, 0.717) is 69.4 Å². The van der Waals surface area contributed by atoms with E-state index in [1.54, 1.807) is 77.1 Å². The third-order valence-corrected chi connectivity index (χ3v) is 16.4. The van der Waals surface area contributed by atoms with Crippen molar-refractivity contribution < 1.29 is 60.7 Å². The first-order chi connectivity index (χ1) is 43.7. The van der Waals surface area contributed by atoms with E-state index in [1.165, 1.54) is 33.0 Å². The molecule has 9 nitrogen and oxygen atoms in total. The van der Waals surface area contributed by atoms with Crippen LogP contribution in [0.2, 0.25) is 10.0 Å². The van der Waals surface area contributed by atoms with Crippen molar-refractivity contribution in [3.05, 3.63) is 179 Å². The molecule has 2 aliphatic heterocycles. The molecule has 4 heterocycles. The van der Waals surface area contributed by atoms with Gasteiger partial charge in [-0.05, 0) is 194 Å². The number of likely N-dealkylation sites (N-methyl/N-ethyl adjacent to an activating group) is 1. The molecule has 9 rings (SSSR count). The van der Waals surface area contributed by atoms with E-state index in [2.05, 4.69) is 92.8 Å². The smallest absolute Gasteiger partial charge is 0.416 e. The summed E-state index contributed by atoms with van der Waals surface area (Å²) in [6.45, 7) is 34.0. The Morgan fingerprint density at radius 2 is 0.883 bits per heavy atom. The molecule has 518 valence electrons. The number of aromatic hydroxyl groups is 3. The van der Waals surface area contributed by atoms with Gasteiger partial charge in [0.1, 0.15) is 11.5 Å². The molecule has 0 atom stereocenters. The summed E-state index contributed by atoms with van der Waals surface area (Å²) in [4.78, 5) is 26.7. The Bertz CT molecular complexity index is 3320. The zero-order chi connectivity index (χ0) is 70.9. The van der Waals surface area contributed by atoms with E-state index in [9.17, 15) is 46.1 Å². The number of alkyl halides is 6. The Morgan fingerprint density at radius 1 is 0.479 bits per heavy atom. The molecule has 19 heteroatoms. The summed E-state index contributed by atoms with van der Waals surface area (Å²) >= 11 is 14.8. The number of ether oxygens (including phenoxy) is 2. The minimum atomic E-state index is -4.23. The molecule has 0 aliphatic carbocycles. The molecule has 0 radical (unpaired) electrons. The zero-order valence-electron chi connectivity index (χ0n) is 57.6. The molecule has 0 fully saturated rings. The number of anilines is 2. The van der Waals surface area contributed by atoms with Gasteiger partial charge in [-0.1, -0.05) is 175 Å². The summed E-state index contributed by atoms with van der Waals surface area (Å²) < 4.78 is 84.2. The van der Waals surface area contributed by atoms with Gasteiger partial charge < -0.3 is 35.0 Å². The van der Waals surface area contributed by atoms with Crippen molar-refractivity contribution in [2.45, 2.75) is 168 Å². The van der Waals surface area contributed by atoms with Crippen LogP contribution in [0.3, 0.4) is 0 Å². The second kappa shape index (κ2) is 39.0. The van der Waals surface area contributed by atoms with E-state index in [-0.39, 0.29) is 30.8 Å². The summed E-state index contributed by atoms with van der Waals surface area (Å²) in [7, 11) is 1.80. The van der Waals surface area contributed by atoms with Crippen LogP contribution in [0.5, 0.6) is 27.4 Å². The molecular weight excluding hydrogens is 1290 g/mol. The molecule has 0 bridgehead atoms. The molecular formula is C75H98Cl2F6N2O7S2. The number of phenols is 3. The van der Waals surface area contributed by atoms with Gasteiger partial charge in [-0.15, -0.1) is 22.7 Å². The van der Waals surface area contributed by atoms with Crippen molar-refractivity contribution in [3.8, 4) is 27.4 Å². The Labute approximate surface area is 572 Å². The first-order valence-electron chi connectivity index (χ1n) is 31.8. The van der Waals surface area contributed by atoms with Crippen molar-refractivity contribution in [1.29, 1.82) is 0 Å². The van der Waals surface area contributed by atoms with Crippen molar-refractivity contribution in [1.82, 2.24) is 0 Å². The quantitative estimate of drug-likeness (QED) is 0.0799. The molecule has 0 unspecified atom stereocenters. The van der Waals surface area contributed by atoms with Gasteiger partial charge in [0.15, 0.2) is 29.1 Å². The van der Waals surface area contributed by atoms with Gasteiger partial charge in [0.2, 0.25) is 0 Å². The highest BCUT2D eigenvalue weighted by atomic mass is 35.5. The van der Waals surface area contributed by atoms with Crippen LogP contribution in [0.4, 0.5) is 37.7 Å². The molecule has 2 aliphatic rings. The normalized spacial score (nSPS) is 12.5. The fraction of sp³-hybridized carbons (Fsp3) is 0.467. The third kappa shape index (κ3) is 30.6. The lowest BCUT2D eigenvalue weighted by atomic mass is 9.98. The summed E-state index contributed by atoms with van der Waals surface area (Å²) in [6, 6.07) is 30.0. The first-order valence-corrected chi connectivity index (χ1v) is 34.2.